The van der Waals surface area contributed by atoms with E-state index < -0.39 is 10.0 Å². The number of hydrogen-bond donors (Lipinski definition) is 0. The summed E-state index contributed by atoms with van der Waals surface area (Å²) in [5, 5.41) is 11.4. The largest absolute Gasteiger partial charge is 0.266 e. The molecule has 142 valence electrons. The molecule has 0 radical (unpaired) electrons. The number of rotatable bonds is 6. The van der Waals surface area contributed by atoms with Crippen LogP contribution in [0.2, 0.25) is 0 Å². The Morgan fingerprint density at radius 2 is 1.78 bits per heavy atom. The highest BCUT2D eigenvalue weighted by atomic mass is 32.2. The second-order valence-corrected chi connectivity index (χ2v) is 9.04. The van der Waals surface area contributed by atoms with Gasteiger partial charge in [-0.1, -0.05) is 43.7 Å². The molecule has 0 aliphatic carbocycles. The molecule has 0 saturated heterocycles. The normalized spacial score (nSPS) is 13.9. The second-order valence-electron chi connectivity index (χ2n) is 7.18. The van der Waals surface area contributed by atoms with E-state index in [-0.39, 0.29) is 10.8 Å². The van der Waals surface area contributed by atoms with Gasteiger partial charge in [-0.3, -0.25) is 4.31 Å². The van der Waals surface area contributed by atoms with Gasteiger partial charge in [0.1, 0.15) is 6.54 Å². The maximum absolute atomic E-state index is 13.4. The van der Waals surface area contributed by atoms with Crippen molar-refractivity contribution < 1.29 is 8.42 Å². The first-order chi connectivity index (χ1) is 12.8. The van der Waals surface area contributed by atoms with Crippen LogP contribution in [0.1, 0.15) is 30.5 Å². The Balaban J connectivity index is 1.99. The van der Waals surface area contributed by atoms with Crippen molar-refractivity contribution in [1.29, 1.82) is 0 Å². The molecule has 6 nitrogen and oxygen atoms in total. The number of aryl methyl sites for hydroxylation is 2. The molecule has 1 heterocycles. The molecule has 0 fully saturated rings. The van der Waals surface area contributed by atoms with Crippen LogP contribution in [0.4, 0.5) is 5.69 Å². The van der Waals surface area contributed by atoms with Crippen molar-refractivity contribution >= 4 is 21.4 Å². The fraction of sp³-hybridized carbons (Fsp3) is 0.350. The van der Waals surface area contributed by atoms with Gasteiger partial charge in [-0.25, -0.2) is 8.42 Å². The average Bonchev–Trinajstić information content (AvgIpc) is 3.15. The quantitative estimate of drug-likeness (QED) is 0.743. The van der Waals surface area contributed by atoms with E-state index in [9.17, 15) is 8.42 Å². The average molecular weight is 385 g/mol. The van der Waals surface area contributed by atoms with Gasteiger partial charge in [0.25, 0.3) is 10.0 Å². The summed E-state index contributed by atoms with van der Waals surface area (Å²) >= 11 is 0. The monoisotopic (exact) mass is 384 g/mol. The Morgan fingerprint density at radius 1 is 1.07 bits per heavy atom. The molecule has 0 atom stereocenters. The van der Waals surface area contributed by atoms with Crippen molar-refractivity contribution in [3.05, 3.63) is 59.2 Å². The fourth-order valence-electron chi connectivity index (χ4n) is 3.05. The zero-order valence-electron chi connectivity index (χ0n) is 16.0. The summed E-state index contributed by atoms with van der Waals surface area (Å²) in [6.45, 7) is 8.81. The Kier molecular flexibility index (Phi) is 5.41. The van der Waals surface area contributed by atoms with Crippen LogP contribution in [-0.2, 0) is 10.0 Å². The molecule has 0 spiro atoms. The van der Waals surface area contributed by atoms with E-state index in [0.29, 0.717) is 13.1 Å². The highest BCUT2D eigenvalue weighted by molar-refractivity contribution is 7.92. The molecule has 0 aromatic heterocycles. The van der Waals surface area contributed by atoms with Gasteiger partial charge in [0.2, 0.25) is 0 Å². The topological polar surface area (TPSA) is 74.5 Å². The summed E-state index contributed by atoms with van der Waals surface area (Å²) in [7, 11) is -3.68. The fourth-order valence-corrected chi connectivity index (χ4v) is 4.75. The Morgan fingerprint density at radius 3 is 2.33 bits per heavy atom. The lowest BCUT2D eigenvalue weighted by Crippen LogP contribution is -2.34. The van der Waals surface area contributed by atoms with Crippen molar-refractivity contribution in [2.45, 2.75) is 32.6 Å². The van der Waals surface area contributed by atoms with Gasteiger partial charge >= 0.3 is 0 Å². The van der Waals surface area contributed by atoms with E-state index in [2.05, 4.69) is 15.4 Å². The Bertz CT molecular complexity index is 993. The second kappa shape index (κ2) is 7.60. The molecule has 27 heavy (non-hydrogen) atoms. The molecule has 1 aliphatic heterocycles. The number of hydrogen-bond acceptors (Lipinski definition) is 5. The molecule has 0 saturated carbocycles. The predicted octanol–water partition coefficient (Wildman–Crippen LogP) is 4.32. The number of sulfonamides is 1. The first-order valence-electron chi connectivity index (χ1n) is 8.93. The first-order valence-corrected chi connectivity index (χ1v) is 10.4. The summed E-state index contributed by atoms with van der Waals surface area (Å²) in [5.41, 5.74) is 4.35. The van der Waals surface area contributed by atoms with Crippen molar-refractivity contribution in [2.75, 3.05) is 17.4 Å². The maximum atomic E-state index is 13.4. The SMILES string of the molecule is Cc1ccc(N(CC(C)C)S(=O)(=O)c2ccc(C3=NN=NC3)cc2)c(C)c1. The van der Waals surface area contributed by atoms with Crippen LogP contribution in [0.3, 0.4) is 0 Å². The highest BCUT2D eigenvalue weighted by Crippen LogP contribution is 2.29. The smallest absolute Gasteiger partial charge is 0.264 e. The van der Waals surface area contributed by atoms with E-state index in [0.717, 1.165) is 28.1 Å². The summed E-state index contributed by atoms with van der Waals surface area (Å²) in [5.74, 6) is 0.191. The van der Waals surface area contributed by atoms with E-state index in [1.807, 2.05) is 45.9 Å². The van der Waals surface area contributed by atoms with E-state index in [1.54, 1.807) is 24.3 Å². The van der Waals surface area contributed by atoms with Gasteiger partial charge in [0.05, 0.1) is 16.3 Å². The zero-order chi connectivity index (χ0) is 19.6. The number of anilines is 1. The molecule has 0 unspecified atom stereocenters. The number of benzene rings is 2. The Hall–Kier alpha value is -2.54. The number of nitrogens with zero attached hydrogens (tertiary/aromatic N) is 4. The molecule has 2 aromatic carbocycles. The van der Waals surface area contributed by atoms with Gasteiger partial charge in [-0.05, 0) is 54.3 Å². The van der Waals surface area contributed by atoms with Gasteiger partial charge in [-0.2, -0.15) is 5.11 Å². The van der Waals surface area contributed by atoms with Crippen LogP contribution in [-0.4, -0.2) is 27.2 Å². The minimum Gasteiger partial charge on any atom is -0.266 e. The minimum atomic E-state index is -3.68. The highest BCUT2D eigenvalue weighted by Gasteiger charge is 2.27. The third kappa shape index (κ3) is 4.08. The van der Waals surface area contributed by atoms with Crippen LogP contribution < -0.4 is 4.31 Å². The van der Waals surface area contributed by atoms with Crippen molar-refractivity contribution in [3.8, 4) is 0 Å². The standard InChI is InChI=1S/C20H24N4O2S/c1-14(2)13-24(20-10-5-15(3)11-16(20)4)27(25,26)18-8-6-17(7-9-18)19-12-21-23-22-19/h5-11,14H,12-13H2,1-4H3. The first kappa shape index (κ1) is 19.2. The summed E-state index contributed by atoms with van der Waals surface area (Å²) in [6.07, 6.45) is 0. The molecule has 0 bridgehead atoms. The lowest BCUT2D eigenvalue weighted by atomic mass is 10.1. The predicted molar refractivity (Wildman–Crippen MR) is 108 cm³/mol. The third-order valence-electron chi connectivity index (χ3n) is 4.38. The summed E-state index contributed by atoms with van der Waals surface area (Å²) in [6, 6.07) is 12.6. The molecule has 1 aliphatic rings. The van der Waals surface area contributed by atoms with Crippen LogP contribution in [0, 0.1) is 19.8 Å². The van der Waals surface area contributed by atoms with Crippen LogP contribution in [0.15, 0.2) is 62.8 Å². The van der Waals surface area contributed by atoms with Crippen molar-refractivity contribution in [2.24, 2.45) is 21.4 Å². The molecule has 2 aromatic rings. The van der Waals surface area contributed by atoms with Gasteiger partial charge in [-0.15, -0.1) is 5.10 Å². The van der Waals surface area contributed by atoms with Crippen molar-refractivity contribution in [3.63, 3.8) is 0 Å². The van der Waals surface area contributed by atoms with Crippen LogP contribution >= 0.6 is 0 Å². The molecule has 7 heteroatoms. The van der Waals surface area contributed by atoms with E-state index in [4.69, 9.17) is 0 Å². The Labute approximate surface area is 160 Å². The van der Waals surface area contributed by atoms with E-state index >= 15 is 0 Å². The molecular formula is C20H24N4O2S. The minimum absolute atomic E-state index is 0.191. The molecule has 0 N–H and O–H groups in total. The van der Waals surface area contributed by atoms with Gasteiger partial charge in [0.15, 0.2) is 0 Å². The molecular weight excluding hydrogens is 360 g/mol. The van der Waals surface area contributed by atoms with Gasteiger partial charge in [0, 0.05) is 6.54 Å². The van der Waals surface area contributed by atoms with E-state index in [1.165, 1.54) is 4.31 Å². The summed E-state index contributed by atoms with van der Waals surface area (Å²) < 4.78 is 28.3. The van der Waals surface area contributed by atoms with Crippen LogP contribution in [0.5, 0.6) is 0 Å². The lowest BCUT2D eigenvalue weighted by molar-refractivity contribution is 0.577. The summed E-state index contributed by atoms with van der Waals surface area (Å²) in [4.78, 5) is 0.263. The van der Waals surface area contributed by atoms with Crippen molar-refractivity contribution in [1.82, 2.24) is 0 Å². The molecule has 3 rings (SSSR count). The van der Waals surface area contributed by atoms with Crippen LogP contribution in [0.25, 0.3) is 0 Å². The third-order valence-corrected chi connectivity index (χ3v) is 6.17. The lowest BCUT2D eigenvalue weighted by Gasteiger charge is -2.28. The molecule has 0 amide bonds. The zero-order valence-corrected chi connectivity index (χ0v) is 16.9. The maximum Gasteiger partial charge on any atom is 0.264 e. The van der Waals surface area contributed by atoms with Gasteiger partial charge < -0.3 is 0 Å².